The second kappa shape index (κ2) is 7.77. The van der Waals surface area contributed by atoms with E-state index in [1.807, 2.05) is 25.1 Å². The van der Waals surface area contributed by atoms with E-state index in [4.69, 9.17) is 4.74 Å². The first-order valence-corrected chi connectivity index (χ1v) is 7.67. The number of rotatable bonds is 7. The zero-order chi connectivity index (χ0) is 12.7. The van der Waals surface area contributed by atoms with E-state index >= 15 is 0 Å². The van der Waals surface area contributed by atoms with Crippen LogP contribution in [0.4, 0.5) is 0 Å². The summed E-state index contributed by atoms with van der Waals surface area (Å²) in [5.74, 6) is 2.35. The van der Waals surface area contributed by atoms with Gasteiger partial charge in [-0.05, 0) is 37.3 Å². The van der Waals surface area contributed by atoms with Gasteiger partial charge in [0.2, 0.25) is 0 Å². The summed E-state index contributed by atoms with van der Waals surface area (Å²) < 4.78 is 6.38. The Hall–Kier alpha value is -0.480. The molecule has 1 aromatic rings. The minimum atomic E-state index is 0.133. The third-order valence-corrected chi connectivity index (χ3v) is 3.78. The Labute approximate surface area is 115 Å². The third kappa shape index (κ3) is 4.72. The average molecular weight is 317 g/mol. The van der Waals surface area contributed by atoms with Gasteiger partial charge in [0, 0.05) is 4.47 Å². The molecule has 0 aliphatic heterocycles. The van der Waals surface area contributed by atoms with Crippen LogP contribution >= 0.6 is 27.7 Å². The molecule has 94 valence electrons. The molecule has 0 radical (unpaired) electrons. The van der Waals surface area contributed by atoms with E-state index < -0.39 is 0 Å². The lowest BCUT2D eigenvalue weighted by molar-refractivity contribution is 0.101. The predicted molar refractivity (Wildman–Crippen MR) is 77.3 cm³/mol. The van der Waals surface area contributed by atoms with Gasteiger partial charge in [0.05, 0.1) is 17.9 Å². The molecule has 0 bridgehead atoms. The van der Waals surface area contributed by atoms with Crippen LogP contribution in [-0.2, 0) is 0 Å². The van der Waals surface area contributed by atoms with Gasteiger partial charge in [-0.25, -0.2) is 0 Å². The summed E-state index contributed by atoms with van der Waals surface area (Å²) in [6, 6.07) is 5.56. The van der Waals surface area contributed by atoms with E-state index in [1.54, 1.807) is 11.8 Å². The Morgan fingerprint density at radius 1 is 1.41 bits per heavy atom. The Morgan fingerprint density at radius 2 is 2.18 bits per heavy atom. The van der Waals surface area contributed by atoms with Crippen molar-refractivity contribution in [1.29, 1.82) is 0 Å². The molecule has 0 aliphatic rings. The third-order valence-electron chi connectivity index (χ3n) is 2.12. The van der Waals surface area contributed by atoms with Crippen molar-refractivity contribution in [3.05, 3.63) is 28.2 Å². The van der Waals surface area contributed by atoms with Crippen molar-refractivity contribution in [1.82, 2.24) is 0 Å². The second-order valence-corrected chi connectivity index (χ2v) is 5.57. The van der Waals surface area contributed by atoms with Gasteiger partial charge in [-0.2, -0.15) is 11.8 Å². The van der Waals surface area contributed by atoms with E-state index in [-0.39, 0.29) is 5.78 Å². The van der Waals surface area contributed by atoms with Crippen LogP contribution in [0.1, 0.15) is 30.6 Å². The molecule has 0 fully saturated rings. The van der Waals surface area contributed by atoms with E-state index in [9.17, 15) is 4.79 Å². The summed E-state index contributed by atoms with van der Waals surface area (Å²) in [4.78, 5) is 12.0. The number of hydrogen-bond acceptors (Lipinski definition) is 3. The Morgan fingerprint density at radius 3 is 2.82 bits per heavy atom. The van der Waals surface area contributed by atoms with Gasteiger partial charge in [-0.1, -0.05) is 22.9 Å². The Bertz CT molecular complexity index is 380. The maximum absolute atomic E-state index is 12.0. The normalized spacial score (nSPS) is 10.3. The predicted octanol–water partition coefficient (Wildman–Crippen LogP) is 4.17. The molecule has 0 N–H and O–H groups in total. The fourth-order valence-corrected chi connectivity index (χ4v) is 2.52. The lowest BCUT2D eigenvalue weighted by Gasteiger charge is -2.09. The zero-order valence-electron chi connectivity index (χ0n) is 10.2. The SMILES string of the molecule is CCCSCC(=O)c1cc(Br)ccc1OCC. The molecule has 0 unspecified atom stereocenters. The van der Waals surface area contributed by atoms with Crippen molar-refractivity contribution >= 4 is 33.5 Å². The monoisotopic (exact) mass is 316 g/mol. The highest BCUT2D eigenvalue weighted by atomic mass is 79.9. The molecule has 17 heavy (non-hydrogen) atoms. The maximum atomic E-state index is 12.0. The van der Waals surface area contributed by atoms with E-state index in [0.29, 0.717) is 23.7 Å². The van der Waals surface area contributed by atoms with Crippen molar-refractivity contribution in [3.8, 4) is 5.75 Å². The summed E-state index contributed by atoms with van der Waals surface area (Å²) >= 11 is 5.05. The molecule has 0 atom stereocenters. The topological polar surface area (TPSA) is 26.3 Å². The number of ketones is 1. The van der Waals surface area contributed by atoms with Gasteiger partial charge < -0.3 is 4.74 Å². The Kier molecular flexibility index (Phi) is 6.66. The number of halogens is 1. The minimum Gasteiger partial charge on any atom is -0.493 e. The van der Waals surface area contributed by atoms with Crippen LogP contribution in [0.5, 0.6) is 5.75 Å². The number of ether oxygens (including phenoxy) is 1. The van der Waals surface area contributed by atoms with Crippen molar-refractivity contribution in [2.45, 2.75) is 20.3 Å². The largest absolute Gasteiger partial charge is 0.493 e. The maximum Gasteiger partial charge on any atom is 0.176 e. The molecule has 4 heteroatoms. The van der Waals surface area contributed by atoms with Gasteiger partial charge in [0.1, 0.15) is 5.75 Å². The highest BCUT2D eigenvalue weighted by Crippen LogP contribution is 2.24. The van der Waals surface area contributed by atoms with Crippen molar-refractivity contribution < 1.29 is 9.53 Å². The summed E-state index contributed by atoms with van der Waals surface area (Å²) in [6.07, 6.45) is 1.09. The minimum absolute atomic E-state index is 0.133. The van der Waals surface area contributed by atoms with Gasteiger partial charge in [-0.3, -0.25) is 4.79 Å². The molecule has 0 spiro atoms. The average Bonchev–Trinajstić information content (AvgIpc) is 2.32. The number of benzene rings is 1. The van der Waals surface area contributed by atoms with Crippen LogP contribution < -0.4 is 4.74 Å². The van der Waals surface area contributed by atoms with Gasteiger partial charge in [-0.15, -0.1) is 0 Å². The summed E-state index contributed by atoms with van der Waals surface area (Å²) in [6.45, 7) is 4.61. The van der Waals surface area contributed by atoms with Crippen molar-refractivity contribution in [2.24, 2.45) is 0 Å². The molecule has 0 aromatic heterocycles. The molecular formula is C13H17BrO2S. The molecule has 0 amide bonds. The lowest BCUT2D eigenvalue weighted by atomic mass is 10.1. The molecule has 2 nitrogen and oxygen atoms in total. The molecule has 0 saturated heterocycles. The highest BCUT2D eigenvalue weighted by Gasteiger charge is 2.12. The highest BCUT2D eigenvalue weighted by molar-refractivity contribution is 9.10. The molecule has 0 aliphatic carbocycles. The number of thioether (sulfide) groups is 1. The van der Waals surface area contributed by atoms with Crippen LogP contribution in [0.15, 0.2) is 22.7 Å². The van der Waals surface area contributed by atoms with Crippen LogP contribution in [-0.4, -0.2) is 23.9 Å². The molecule has 0 heterocycles. The van der Waals surface area contributed by atoms with Crippen LogP contribution in [0.3, 0.4) is 0 Å². The molecule has 1 rings (SSSR count). The Balaban J connectivity index is 2.78. The fourth-order valence-electron chi connectivity index (χ4n) is 1.39. The molecule has 1 aromatic carbocycles. The summed E-state index contributed by atoms with van der Waals surface area (Å²) in [5.41, 5.74) is 0.671. The van der Waals surface area contributed by atoms with Gasteiger partial charge in [0.15, 0.2) is 5.78 Å². The van der Waals surface area contributed by atoms with Crippen LogP contribution in [0.2, 0.25) is 0 Å². The fraction of sp³-hybridized carbons (Fsp3) is 0.462. The lowest BCUT2D eigenvalue weighted by Crippen LogP contribution is -2.06. The first kappa shape index (κ1) is 14.6. The van der Waals surface area contributed by atoms with Crippen LogP contribution in [0, 0.1) is 0 Å². The standard InChI is InChI=1S/C13H17BrO2S/c1-3-7-17-9-12(15)11-8-10(14)5-6-13(11)16-4-2/h5-6,8H,3-4,7,9H2,1-2H3. The van der Waals surface area contributed by atoms with Gasteiger partial charge >= 0.3 is 0 Å². The molecule has 0 saturated carbocycles. The number of carbonyl (C=O) groups is 1. The first-order valence-electron chi connectivity index (χ1n) is 5.72. The number of carbonyl (C=O) groups excluding carboxylic acids is 1. The smallest absolute Gasteiger partial charge is 0.176 e. The quantitative estimate of drug-likeness (QED) is 0.557. The first-order chi connectivity index (χ1) is 8.19. The molecular weight excluding hydrogens is 300 g/mol. The van der Waals surface area contributed by atoms with E-state index in [0.717, 1.165) is 16.6 Å². The number of Topliss-reactive ketones (excluding diaryl/α,β-unsaturated/α-hetero) is 1. The van der Waals surface area contributed by atoms with Crippen LogP contribution in [0.25, 0.3) is 0 Å². The van der Waals surface area contributed by atoms with E-state index in [2.05, 4.69) is 22.9 Å². The van der Waals surface area contributed by atoms with Crippen molar-refractivity contribution in [3.63, 3.8) is 0 Å². The van der Waals surface area contributed by atoms with E-state index in [1.165, 1.54) is 0 Å². The number of hydrogen-bond donors (Lipinski definition) is 0. The second-order valence-electron chi connectivity index (χ2n) is 3.55. The summed E-state index contributed by atoms with van der Waals surface area (Å²) in [7, 11) is 0. The van der Waals surface area contributed by atoms with Crippen molar-refractivity contribution in [2.75, 3.05) is 18.1 Å². The zero-order valence-corrected chi connectivity index (χ0v) is 12.6. The summed E-state index contributed by atoms with van der Waals surface area (Å²) in [5, 5.41) is 0. The van der Waals surface area contributed by atoms with Gasteiger partial charge in [0.25, 0.3) is 0 Å².